The maximum atomic E-state index is 5.43. The summed E-state index contributed by atoms with van der Waals surface area (Å²) < 4.78 is 5.43. The Hall–Kier alpha value is -2.14. The number of H-pyrrole nitrogens is 1. The lowest BCUT2D eigenvalue weighted by atomic mass is 10.1. The van der Waals surface area contributed by atoms with Crippen molar-refractivity contribution < 1.29 is 4.52 Å². The third-order valence-electron chi connectivity index (χ3n) is 3.70. The van der Waals surface area contributed by atoms with E-state index in [1.165, 1.54) is 16.5 Å². The number of hydrogen-bond acceptors (Lipinski definition) is 4. The molecule has 0 aliphatic heterocycles. The number of nitrogens with one attached hydrogen (secondary N) is 2. The van der Waals surface area contributed by atoms with Gasteiger partial charge in [-0.15, -0.1) is 0 Å². The van der Waals surface area contributed by atoms with Gasteiger partial charge in [-0.25, -0.2) is 0 Å². The van der Waals surface area contributed by atoms with Gasteiger partial charge in [-0.1, -0.05) is 23.7 Å². The van der Waals surface area contributed by atoms with Gasteiger partial charge >= 0.3 is 0 Å². The largest absolute Gasteiger partial charge is 0.350 e. The molecule has 0 saturated heterocycles. The lowest BCUT2D eigenvalue weighted by Crippen LogP contribution is -2.11. The van der Waals surface area contributed by atoms with Crippen LogP contribution in [0.3, 0.4) is 0 Å². The Morgan fingerprint density at radius 2 is 2.19 bits per heavy atom. The molecule has 3 rings (SSSR count). The van der Waals surface area contributed by atoms with Crippen molar-refractivity contribution in [1.82, 2.24) is 20.4 Å². The molecule has 0 saturated carbocycles. The maximum absolute atomic E-state index is 5.43. The van der Waals surface area contributed by atoms with Crippen LogP contribution in [0.25, 0.3) is 22.5 Å². The predicted octanol–water partition coefficient (Wildman–Crippen LogP) is 2.85. The molecular weight excluding hydrogens is 264 g/mol. The number of likely N-dealkylation sites (N-methyl/N-ethyl adjacent to an activating group) is 1. The van der Waals surface area contributed by atoms with Gasteiger partial charge in [-0.2, -0.15) is 4.98 Å². The first-order valence-electron chi connectivity index (χ1n) is 7.31. The fourth-order valence-corrected chi connectivity index (χ4v) is 2.61. The highest BCUT2D eigenvalue weighted by Gasteiger charge is 2.17. The number of aryl methyl sites for hydroxylation is 2. The first-order chi connectivity index (χ1) is 10.2. The number of nitrogens with zero attached hydrogens (tertiary/aromatic N) is 2. The molecular formula is C16H20N4O. The number of aromatic amines is 1. The van der Waals surface area contributed by atoms with Gasteiger partial charge < -0.3 is 14.8 Å². The van der Waals surface area contributed by atoms with E-state index in [0.717, 1.165) is 36.4 Å². The Balaban J connectivity index is 2.05. The van der Waals surface area contributed by atoms with Gasteiger partial charge in [0.25, 0.3) is 5.89 Å². The van der Waals surface area contributed by atoms with Gasteiger partial charge in [0.2, 0.25) is 0 Å². The molecule has 0 aliphatic carbocycles. The van der Waals surface area contributed by atoms with Crippen LogP contribution >= 0.6 is 0 Å². The fraction of sp³-hybridized carbons (Fsp3) is 0.375. The van der Waals surface area contributed by atoms with Crippen molar-refractivity contribution in [3.63, 3.8) is 0 Å². The van der Waals surface area contributed by atoms with Crippen LogP contribution in [0.1, 0.15) is 23.9 Å². The van der Waals surface area contributed by atoms with Crippen molar-refractivity contribution in [3.05, 3.63) is 35.2 Å². The van der Waals surface area contributed by atoms with Crippen molar-refractivity contribution in [2.24, 2.45) is 0 Å². The topological polar surface area (TPSA) is 66.7 Å². The minimum atomic E-state index is 0.576. The van der Waals surface area contributed by atoms with Crippen LogP contribution in [-0.4, -0.2) is 28.7 Å². The van der Waals surface area contributed by atoms with Crippen molar-refractivity contribution in [3.8, 4) is 11.6 Å². The molecule has 0 spiro atoms. The molecule has 2 heterocycles. The average Bonchev–Trinajstić information content (AvgIpc) is 3.08. The number of aromatic nitrogens is 3. The Labute approximate surface area is 123 Å². The van der Waals surface area contributed by atoms with E-state index in [4.69, 9.17) is 4.52 Å². The van der Waals surface area contributed by atoms with E-state index in [-0.39, 0.29) is 0 Å². The third-order valence-corrected chi connectivity index (χ3v) is 3.70. The van der Waals surface area contributed by atoms with Crippen LogP contribution in [0.5, 0.6) is 0 Å². The smallest absolute Gasteiger partial charge is 0.274 e. The van der Waals surface area contributed by atoms with E-state index in [1.807, 2.05) is 7.05 Å². The van der Waals surface area contributed by atoms with Gasteiger partial charge in [0, 0.05) is 23.9 Å². The molecule has 2 N–H and O–H groups in total. The highest BCUT2D eigenvalue weighted by atomic mass is 16.5. The van der Waals surface area contributed by atoms with Crippen molar-refractivity contribution >= 4 is 10.9 Å². The monoisotopic (exact) mass is 284 g/mol. The summed E-state index contributed by atoms with van der Waals surface area (Å²) in [5.74, 6) is 1.31. The van der Waals surface area contributed by atoms with Gasteiger partial charge in [0.15, 0.2) is 5.82 Å². The number of fused-ring (bicyclic) bond motifs is 1. The van der Waals surface area contributed by atoms with Crippen molar-refractivity contribution in [2.75, 3.05) is 13.6 Å². The molecule has 0 unspecified atom stereocenters. The Morgan fingerprint density at radius 1 is 1.33 bits per heavy atom. The molecule has 21 heavy (non-hydrogen) atoms. The molecule has 2 aromatic heterocycles. The fourth-order valence-electron chi connectivity index (χ4n) is 2.61. The van der Waals surface area contributed by atoms with Crippen LogP contribution in [0.4, 0.5) is 0 Å². The zero-order valence-electron chi connectivity index (χ0n) is 12.7. The predicted molar refractivity (Wildman–Crippen MR) is 83.3 cm³/mol. The Kier molecular flexibility index (Phi) is 3.75. The first kappa shape index (κ1) is 13.8. The van der Waals surface area contributed by atoms with E-state index in [9.17, 15) is 0 Å². The molecule has 0 radical (unpaired) electrons. The lowest BCUT2D eigenvalue weighted by Gasteiger charge is -1.97. The average molecular weight is 284 g/mol. The Morgan fingerprint density at radius 3 is 2.95 bits per heavy atom. The molecule has 0 fully saturated rings. The van der Waals surface area contributed by atoms with Crippen LogP contribution in [0, 0.1) is 6.92 Å². The summed E-state index contributed by atoms with van der Waals surface area (Å²) >= 11 is 0. The van der Waals surface area contributed by atoms with Crippen molar-refractivity contribution in [1.29, 1.82) is 0 Å². The van der Waals surface area contributed by atoms with Crippen LogP contribution in [0.15, 0.2) is 22.7 Å². The standard InChI is InChI=1S/C16H20N4O/c1-4-11-12-9-10(2)5-6-13(12)18-15(11)16-19-14(20-21-16)7-8-17-3/h5-6,9,17-18H,4,7-8H2,1-3H3. The molecule has 0 aliphatic rings. The molecule has 0 amide bonds. The number of hydrogen-bond donors (Lipinski definition) is 2. The number of benzene rings is 1. The zero-order valence-corrected chi connectivity index (χ0v) is 12.7. The first-order valence-corrected chi connectivity index (χ1v) is 7.31. The van der Waals surface area contributed by atoms with E-state index in [0.29, 0.717) is 5.89 Å². The van der Waals surface area contributed by atoms with Gasteiger partial charge in [0.1, 0.15) is 5.69 Å². The lowest BCUT2D eigenvalue weighted by molar-refractivity contribution is 0.421. The summed E-state index contributed by atoms with van der Waals surface area (Å²) in [6.07, 6.45) is 1.69. The molecule has 3 aromatic rings. The minimum absolute atomic E-state index is 0.576. The SMILES string of the molecule is CCc1c(-c2nc(CCNC)no2)[nH]c2ccc(C)cc12. The van der Waals surface area contributed by atoms with Gasteiger partial charge in [0.05, 0.1) is 0 Å². The van der Waals surface area contributed by atoms with E-state index in [1.54, 1.807) is 0 Å². The second kappa shape index (κ2) is 5.69. The Bertz CT molecular complexity index is 757. The maximum Gasteiger partial charge on any atom is 0.274 e. The molecule has 5 nitrogen and oxygen atoms in total. The van der Waals surface area contributed by atoms with E-state index < -0.39 is 0 Å². The van der Waals surface area contributed by atoms with Gasteiger partial charge in [-0.05, 0) is 38.1 Å². The zero-order chi connectivity index (χ0) is 14.8. The summed E-state index contributed by atoms with van der Waals surface area (Å²) in [6, 6.07) is 6.41. The quantitative estimate of drug-likeness (QED) is 0.756. The molecule has 1 aromatic carbocycles. The van der Waals surface area contributed by atoms with Crippen molar-refractivity contribution in [2.45, 2.75) is 26.7 Å². The summed E-state index contributed by atoms with van der Waals surface area (Å²) in [6.45, 7) is 5.09. The minimum Gasteiger partial charge on any atom is -0.350 e. The number of rotatable bonds is 5. The summed E-state index contributed by atoms with van der Waals surface area (Å²) in [7, 11) is 1.91. The molecule has 110 valence electrons. The second-order valence-electron chi connectivity index (χ2n) is 5.25. The summed E-state index contributed by atoms with van der Waals surface area (Å²) in [5.41, 5.74) is 4.55. The molecule has 0 atom stereocenters. The third kappa shape index (κ3) is 2.56. The highest BCUT2D eigenvalue weighted by Crippen LogP contribution is 2.30. The summed E-state index contributed by atoms with van der Waals surface area (Å²) in [4.78, 5) is 7.91. The highest BCUT2D eigenvalue weighted by molar-refractivity contribution is 5.89. The molecule has 5 heteroatoms. The second-order valence-corrected chi connectivity index (χ2v) is 5.25. The molecule has 0 bridgehead atoms. The van der Waals surface area contributed by atoms with E-state index in [2.05, 4.69) is 52.5 Å². The van der Waals surface area contributed by atoms with Crippen LogP contribution < -0.4 is 5.32 Å². The van der Waals surface area contributed by atoms with Crippen LogP contribution in [-0.2, 0) is 12.8 Å². The normalized spacial score (nSPS) is 11.4. The van der Waals surface area contributed by atoms with Gasteiger partial charge in [-0.3, -0.25) is 0 Å². The van der Waals surface area contributed by atoms with E-state index >= 15 is 0 Å². The summed E-state index contributed by atoms with van der Waals surface area (Å²) in [5, 5.41) is 8.37. The van der Waals surface area contributed by atoms with Crippen LogP contribution in [0.2, 0.25) is 0 Å².